The summed E-state index contributed by atoms with van der Waals surface area (Å²) in [6.07, 6.45) is -0.449. The molecule has 0 radical (unpaired) electrons. The molecular formula is C20H22N2O5. The molecule has 2 aromatic rings. The zero-order chi connectivity index (χ0) is 19.6. The molecule has 7 nitrogen and oxygen atoms in total. The third-order valence-electron chi connectivity index (χ3n) is 3.70. The van der Waals surface area contributed by atoms with Crippen LogP contribution in [0.15, 0.2) is 54.6 Å². The van der Waals surface area contributed by atoms with Crippen LogP contribution in [0.3, 0.4) is 0 Å². The van der Waals surface area contributed by atoms with Crippen LogP contribution < -0.4 is 15.4 Å². The molecule has 2 rings (SSSR count). The predicted molar refractivity (Wildman–Crippen MR) is 99.3 cm³/mol. The van der Waals surface area contributed by atoms with Gasteiger partial charge in [-0.2, -0.15) is 0 Å². The van der Waals surface area contributed by atoms with Crippen molar-refractivity contribution in [3.8, 4) is 5.75 Å². The fourth-order valence-electron chi connectivity index (χ4n) is 2.30. The van der Waals surface area contributed by atoms with Crippen molar-refractivity contribution < 1.29 is 23.9 Å². The van der Waals surface area contributed by atoms with Crippen LogP contribution in [-0.4, -0.2) is 37.7 Å². The fourth-order valence-corrected chi connectivity index (χ4v) is 2.30. The molecule has 0 unspecified atom stereocenters. The molecule has 3 amide bonds. The SMILES string of the molecule is CNC(=O)NC(=O)[C@H](C)OC(=O)COc1ccccc1Cc1ccccc1. The van der Waals surface area contributed by atoms with E-state index in [1.165, 1.54) is 14.0 Å². The zero-order valence-electron chi connectivity index (χ0n) is 15.2. The molecule has 0 aromatic heterocycles. The van der Waals surface area contributed by atoms with Gasteiger partial charge in [-0.1, -0.05) is 48.5 Å². The van der Waals surface area contributed by atoms with Crippen LogP contribution in [-0.2, 0) is 20.7 Å². The highest BCUT2D eigenvalue weighted by Crippen LogP contribution is 2.21. The van der Waals surface area contributed by atoms with E-state index in [2.05, 4.69) is 5.32 Å². The minimum Gasteiger partial charge on any atom is -0.482 e. The van der Waals surface area contributed by atoms with Gasteiger partial charge in [0.15, 0.2) is 12.7 Å². The van der Waals surface area contributed by atoms with Gasteiger partial charge in [0.25, 0.3) is 5.91 Å². The topological polar surface area (TPSA) is 93.7 Å². The third kappa shape index (κ3) is 6.47. The first kappa shape index (κ1) is 20.0. The average Bonchev–Trinajstić information content (AvgIpc) is 2.68. The highest BCUT2D eigenvalue weighted by molar-refractivity contribution is 5.97. The molecule has 7 heteroatoms. The second kappa shape index (κ2) is 9.96. The molecule has 0 spiro atoms. The number of nitrogens with one attached hydrogen (secondary N) is 2. The number of carbonyl (C=O) groups is 3. The average molecular weight is 370 g/mol. The monoisotopic (exact) mass is 370 g/mol. The largest absolute Gasteiger partial charge is 0.482 e. The van der Waals surface area contributed by atoms with Gasteiger partial charge in [-0.15, -0.1) is 0 Å². The molecule has 0 fully saturated rings. The number of carbonyl (C=O) groups excluding carboxylic acids is 3. The Hall–Kier alpha value is -3.35. The molecule has 0 saturated heterocycles. The van der Waals surface area contributed by atoms with E-state index in [0.29, 0.717) is 12.2 Å². The number of urea groups is 1. The Labute approximate surface area is 157 Å². The summed E-state index contributed by atoms with van der Waals surface area (Å²) in [5, 5.41) is 4.28. The molecule has 0 heterocycles. The van der Waals surface area contributed by atoms with Gasteiger partial charge >= 0.3 is 12.0 Å². The molecule has 2 aromatic carbocycles. The number of rotatable bonds is 7. The Morgan fingerprint density at radius 1 is 1.00 bits per heavy atom. The van der Waals surface area contributed by atoms with Gasteiger partial charge in [0.05, 0.1) is 0 Å². The summed E-state index contributed by atoms with van der Waals surface area (Å²) < 4.78 is 10.5. The van der Waals surface area contributed by atoms with Gasteiger partial charge in [0.1, 0.15) is 5.75 Å². The zero-order valence-corrected chi connectivity index (χ0v) is 15.2. The summed E-state index contributed by atoms with van der Waals surface area (Å²) in [5.74, 6) is -0.850. The maximum atomic E-state index is 11.9. The highest BCUT2D eigenvalue weighted by Gasteiger charge is 2.20. The lowest BCUT2D eigenvalue weighted by molar-refractivity contribution is -0.156. The number of hydrogen-bond donors (Lipinski definition) is 2. The third-order valence-corrected chi connectivity index (χ3v) is 3.70. The minimum atomic E-state index is -1.11. The van der Waals surface area contributed by atoms with E-state index < -0.39 is 24.0 Å². The Balaban J connectivity index is 1.90. The number of benzene rings is 2. The van der Waals surface area contributed by atoms with E-state index in [1.54, 1.807) is 6.07 Å². The summed E-state index contributed by atoms with van der Waals surface area (Å²) in [5.41, 5.74) is 2.05. The molecule has 1 atom stereocenters. The van der Waals surface area contributed by atoms with Gasteiger partial charge in [-0.25, -0.2) is 9.59 Å². The summed E-state index contributed by atoms with van der Waals surface area (Å²) >= 11 is 0. The number of imide groups is 1. The van der Waals surface area contributed by atoms with Gasteiger partial charge < -0.3 is 14.8 Å². The standard InChI is InChI=1S/C20H22N2O5/c1-14(19(24)22-20(25)21-2)27-18(23)13-26-17-11-7-6-10-16(17)12-15-8-4-3-5-9-15/h3-11,14H,12-13H2,1-2H3,(H2,21,22,24,25)/t14-/m0/s1. The lowest BCUT2D eigenvalue weighted by Gasteiger charge is -2.14. The quantitative estimate of drug-likeness (QED) is 0.728. The molecule has 0 aliphatic rings. The van der Waals surface area contributed by atoms with Crippen LogP contribution in [0.1, 0.15) is 18.1 Å². The van der Waals surface area contributed by atoms with Crippen molar-refractivity contribution in [2.24, 2.45) is 0 Å². The van der Waals surface area contributed by atoms with E-state index in [9.17, 15) is 14.4 Å². The second-order valence-electron chi connectivity index (χ2n) is 5.76. The van der Waals surface area contributed by atoms with Crippen LogP contribution in [0.2, 0.25) is 0 Å². The van der Waals surface area contributed by atoms with E-state index in [-0.39, 0.29) is 6.61 Å². The smallest absolute Gasteiger partial charge is 0.344 e. The molecule has 142 valence electrons. The van der Waals surface area contributed by atoms with Gasteiger partial charge in [-0.05, 0) is 24.1 Å². The summed E-state index contributed by atoms with van der Waals surface area (Å²) in [6.45, 7) is 1.03. The predicted octanol–water partition coefficient (Wildman–Crippen LogP) is 2.04. The molecular weight excluding hydrogens is 348 g/mol. The fraction of sp³-hybridized carbons (Fsp3) is 0.250. The van der Waals surface area contributed by atoms with Crippen molar-refractivity contribution in [2.75, 3.05) is 13.7 Å². The molecule has 0 saturated carbocycles. The van der Waals surface area contributed by atoms with Crippen molar-refractivity contribution in [1.82, 2.24) is 10.6 Å². The first-order chi connectivity index (χ1) is 13.0. The Morgan fingerprint density at radius 2 is 1.67 bits per heavy atom. The number of para-hydroxylation sites is 1. The molecule has 0 bridgehead atoms. The number of hydrogen-bond acceptors (Lipinski definition) is 5. The lowest BCUT2D eigenvalue weighted by Crippen LogP contribution is -2.43. The minimum absolute atomic E-state index is 0.344. The first-order valence-corrected chi connectivity index (χ1v) is 8.46. The molecule has 2 N–H and O–H groups in total. The first-order valence-electron chi connectivity index (χ1n) is 8.46. The molecule has 0 aliphatic carbocycles. The maximum Gasteiger partial charge on any atom is 0.344 e. The number of esters is 1. The van der Waals surface area contributed by atoms with Crippen LogP contribution in [0, 0.1) is 0 Å². The van der Waals surface area contributed by atoms with Crippen molar-refractivity contribution in [1.29, 1.82) is 0 Å². The highest BCUT2D eigenvalue weighted by atomic mass is 16.6. The number of ether oxygens (including phenoxy) is 2. The van der Waals surface area contributed by atoms with Gasteiger partial charge in [0.2, 0.25) is 0 Å². The van der Waals surface area contributed by atoms with Gasteiger partial charge in [0, 0.05) is 13.5 Å². The van der Waals surface area contributed by atoms with Crippen LogP contribution >= 0.6 is 0 Å². The van der Waals surface area contributed by atoms with Crippen LogP contribution in [0.4, 0.5) is 4.79 Å². The molecule has 0 aliphatic heterocycles. The summed E-state index contributed by atoms with van der Waals surface area (Å²) in [4.78, 5) is 34.7. The van der Waals surface area contributed by atoms with E-state index in [0.717, 1.165) is 11.1 Å². The van der Waals surface area contributed by atoms with E-state index in [1.807, 2.05) is 53.8 Å². The van der Waals surface area contributed by atoms with Crippen molar-refractivity contribution in [3.05, 3.63) is 65.7 Å². The van der Waals surface area contributed by atoms with Crippen molar-refractivity contribution in [3.63, 3.8) is 0 Å². The van der Waals surface area contributed by atoms with Crippen LogP contribution in [0.5, 0.6) is 5.75 Å². The Bertz CT molecular complexity index is 792. The summed E-state index contributed by atoms with van der Waals surface area (Å²) in [6, 6.07) is 16.6. The van der Waals surface area contributed by atoms with E-state index >= 15 is 0 Å². The lowest BCUT2D eigenvalue weighted by atomic mass is 10.0. The summed E-state index contributed by atoms with van der Waals surface area (Å²) in [7, 11) is 1.38. The van der Waals surface area contributed by atoms with E-state index in [4.69, 9.17) is 9.47 Å². The normalized spacial score (nSPS) is 11.2. The Kier molecular flexibility index (Phi) is 7.37. The number of amides is 3. The van der Waals surface area contributed by atoms with Gasteiger partial charge in [-0.3, -0.25) is 10.1 Å². The van der Waals surface area contributed by atoms with Crippen molar-refractivity contribution in [2.45, 2.75) is 19.4 Å². The van der Waals surface area contributed by atoms with Crippen molar-refractivity contribution >= 4 is 17.9 Å². The van der Waals surface area contributed by atoms with Crippen LogP contribution in [0.25, 0.3) is 0 Å². The maximum absolute atomic E-state index is 11.9. The molecule has 27 heavy (non-hydrogen) atoms. The second-order valence-corrected chi connectivity index (χ2v) is 5.76. The Morgan fingerprint density at radius 3 is 2.37 bits per heavy atom.